The molecule has 0 saturated heterocycles. The maximum atomic E-state index is 11.3. The van der Waals surface area contributed by atoms with Crippen LogP contribution in [0.1, 0.15) is 58.2 Å². The molecule has 0 fully saturated rings. The lowest BCUT2D eigenvalue weighted by Crippen LogP contribution is -2.11. The molecule has 124 valence electrons. The van der Waals surface area contributed by atoms with Gasteiger partial charge in [0.05, 0.1) is 11.5 Å². The van der Waals surface area contributed by atoms with Crippen molar-refractivity contribution in [2.75, 3.05) is 18.5 Å². The van der Waals surface area contributed by atoms with E-state index in [1.54, 1.807) is 6.92 Å². The molecule has 1 N–H and O–H groups in total. The van der Waals surface area contributed by atoms with Gasteiger partial charge < -0.3 is 10.1 Å². The van der Waals surface area contributed by atoms with E-state index in [0.29, 0.717) is 19.0 Å². The van der Waals surface area contributed by atoms with Crippen molar-refractivity contribution < 1.29 is 9.66 Å². The number of aromatic nitrogens is 2. The van der Waals surface area contributed by atoms with Gasteiger partial charge in [0.15, 0.2) is 0 Å². The molecule has 0 bridgehead atoms. The van der Waals surface area contributed by atoms with E-state index in [4.69, 9.17) is 4.74 Å². The normalized spacial score (nSPS) is 10.5. The summed E-state index contributed by atoms with van der Waals surface area (Å²) < 4.78 is 5.47. The summed E-state index contributed by atoms with van der Waals surface area (Å²) in [5.41, 5.74) is -0.169. The number of hydrogen-bond donors (Lipinski definition) is 1. The average Bonchev–Trinajstić information content (AvgIpc) is 2.46. The second-order valence-electron chi connectivity index (χ2n) is 5.22. The molecule has 0 aliphatic rings. The SMILES string of the molecule is CCCCCCNc1nc(C)nc(OCCCC)c1[N+](=O)[O-]. The average molecular weight is 310 g/mol. The van der Waals surface area contributed by atoms with Gasteiger partial charge in [0.25, 0.3) is 5.88 Å². The predicted molar refractivity (Wildman–Crippen MR) is 86.5 cm³/mol. The molecular formula is C15H26N4O3. The molecule has 0 atom stereocenters. The Kier molecular flexibility index (Phi) is 8.17. The van der Waals surface area contributed by atoms with Gasteiger partial charge in [-0.3, -0.25) is 10.1 Å². The largest absolute Gasteiger partial charge is 0.473 e. The van der Waals surface area contributed by atoms with Crippen molar-refractivity contribution >= 4 is 11.5 Å². The van der Waals surface area contributed by atoms with Crippen molar-refractivity contribution in [2.45, 2.75) is 59.3 Å². The van der Waals surface area contributed by atoms with Crippen LogP contribution in [-0.2, 0) is 0 Å². The number of nitro groups is 1. The number of nitrogens with zero attached hydrogens (tertiary/aromatic N) is 3. The molecule has 1 heterocycles. The minimum Gasteiger partial charge on any atom is -0.473 e. The molecule has 0 amide bonds. The molecule has 1 aromatic heterocycles. The zero-order valence-corrected chi connectivity index (χ0v) is 13.7. The molecule has 0 unspecified atom stereocenters. The lowest BCUT2D eigenvalue weighted by atomic mass is 10.2. The van der Waals surface area contributed by atoms with Crippen LogP contribution in [0.4, 0.5) is 11.5 Å². The molecule has 7 nitrogen and oxygen atoms in total. The lowest BCUT2D eigenvalue weighted by molar-refractivity contribution is -0.385. The summed E-state index contributed by atoms with van der Waals surface area (Å²) in [6.07, 6.45) is 6.17. The molecule has 0 spiro atoms. The summed E-state index contributed by atoms with van der Waals surface area (Å²) in [5.74, 6) is 0.774. The third-order valence-electron chi connectivity index (χ3n) is 3.21. The number of unbranched alkanes of at least 4 members (excludes halogenated alkanes) is 4. The maximum Gasteiger partial charge on any atom is 0.372 e. The minimum absolute atomic E-state index is 0.0574. The molecule has 7 heteroatoms. The molecule has 0 radical (unpaired) electrons. The fourth-order valence-electron chi connectivity index (χ4n) is 2.00. The minimum atomic E-state index is -0.477. The van der Waals surface area contributed by atoms with Crippen LogP contribution >= 0.6 is 0 Å². The van der Waals surface area contributed by atoms with Crippen LogP contribution in [0.25, 0.3) is 0 Å². The fraction of sp³-hybridized carbons (Fsp3) is 0.733. The topological polar surface area (TPSA) is 90.2 Å². The first kappa shape index (κ1) is 18.1. The van der Waals surface area contributed by atoms with E-state index in [-0.39, 0.29) is 17.4 Å². The van der Waals surface area contributed by atoms with E-state index >= 15 is 0 Å². The van der Waals surface area contributed by atoms with E-state index in [1.807, 2.05) is 6.92 Å². The molecule has 1 aromatic rings. The van der Waals surface area contributed by atoms with Crippen LogP contribution < -0.4 is 10.1 Å². The second-order valence-corrected chi connectivity index (χ2v) is 5.22. The predicted octanol–water partition coefficient (Wildman–Crippen LogP) is 3.86. The fourth-order valence-corrected chi connectivity index (χ4v) is 2.00. The zero-order chi connectivity index (χ0) is 16.4. The Morgan fingerprint density at radius 3 is 2.50 bits per heavy atom. The number of nitrogens with one attached hydrogen (secondary N) is 1. The Bertz CT molecular complexity index is 480. The quantitative estimate of drug-likeness (QED) is 0.379. The third-order valence-corrected chi connectivity index (χ3v) is 3.21. The van der Waals surface area contributed by atoms with Crippen LogP contribution in [0.2, 0.25) is 0 Å². The standard InChI is InChI=1S/C15H26N4O3/c1-4-6-8-9-10-16-14-13(19(20)21)15(18-12(3)17-14)22-11-7-5-2/h4-11H2,1-3H3,(H,16,17,18). The van der Waals surface area contributed by atoms with E-state index in [9.17, 15) is 10.1 Å². The lowest BCUT2D eigenvalue weighted by Gasteiger charge is -2.10. The van der Waals surface area contributed by atoms with Crippen molar-refractivity contribution in [1.29, 1.82) is 0 Å². The Labute approximate surface area is 131 Å². The van der Waals surface area contributed by atoms with Gasteiger partial charge in [-0.05, 0) is 19.8 Å². The van der Waals surface area contributed by atoms with Gasteiger partial charge in [-0.15, -0.1) is 0 Å². The van der Waals surface area contributed by atoms with Crippen molar-refractivity contribution in [3.63, 3.8) is 0 Å². The highest BCUT2D eigenvalue weighted by Gasteiger charge is 2.25. The number of aryl methyl sites for hydroxylation is 1. The van der Waals surface area contributed by atoms with E-state index in [2.05, 4.69) is 22.2 Å². The van der Waals surface area contributed by atoms with Crippen LogP contribution in [0.3, 0.4) is 0 Å². The number of ether oxygens (including phenoxy) is 1. The highest BCUT2D eigenvalue weighted by Crippen LogP contribution is 2.31. The van der Waals surface area contributed by atoms with Gasteiger partial charge in [-0.1, -0.05) is 39.5 Å². The first-order valence-electron chi connectivity index (χ1n) is 7.99. The van der Waals surface area contributed by atoms with Gasteiger partial charge in [0, 0.05) is 6.54 Å². The van der Waals surface area contributed by atoms with Crippen LogP contribution in [0.5, 0.6) is 5.88 Å². The van der Waals surface area contributed by atoms with Crippen molar-refractivity contribution in [3.8, 4) is 5.88 Å². The smallest absolute Gasteiger partial charge is 0.372 e. The Balaban J connectivity index is 2.82. The Morgan fingerprint density at radius 1 is 1.14 bits per heavy atom. The number of anilines is 1. The first-order chi connectivity index (χ1) is 10.6. The molecule has 0 aliphatic heterocycles. The first-order valence-corrected chi connectivity index (χ1v) is 7.99. The van der Waals surface area contributed by atoms with Gasteiger partial charge in [-0.25, -0.2) is 4.98 Å². The van der Waals surface area contributed by atoms with Crippen LogP contribution in [-0.4, -0.2) is 28.0 Å². The summed E-state index contributed by atoms with van der Waals surface area (Å²) >= 11 is 0. The molecule has 0 aliphatic carbocycles. The Morgan fingerprint density at radius 2 is 1.86 bits per heavy atom. The van der Waals surface area contributed by atoms with Gasteiger partial charge in [0.1, 0.15) is 5.82 Å². The maximum absolute atomic E-state index is 11.3. The highest BCUT2D eigenvalue weighted by molar-refractivity contribution is 5.61. The monoisotopic (exact) mass is 310 g/mol. The summed E-state index contributed by atoms with van der Waals surface area (Å²) in [4.78, 5) is 19.1. The molecule has 22 heavy (non-hydrogen) atoms. The molecule has 1 rings (SSSR count). The van der Waals surface area contributed by atoms with E-state index in [1.165, 1.54) is 0 Å². The molecule has 0 aromatic carbocycles. The molecule has 0 saturated carbocycles. The number of hydrogen-bond acceptors (Lipinski definition) is 6. The van der Waals surface area contributed by atoms with E-state index < -0.39 is 4.92 Å². The number of rotatable bonds is 11. The summed E-state index contributed by atoms with van der Waals surface area (Å²) in [7, 11) is 0. The molecular weight excluding hydrogens is 284 g/mol. The van der Waals surface area contributed by atoms with Crippen molar-refractivity contribution in [3.05, 3.63) is 15.9 Å². The summed E-state index contributed by atoms with van der Waals surface area (Å²) in [5, 5.41) is 14.4. The van der Waals surface area contributed by atoms with Crippen LogP contribution in [0, 0.1) is 17.0 Å². The van der Waals surface area contributed by atoms with Crippen molar-refractivity contribution in [2.24, 2.45) is 0 Å². The summed E-state index contributed by atoms with van der Waals surface area (Å²) in [6.45, 7) is 6.96. The van der Waals surface area contributed by atoms with Crippen LogP contribution in [0.15, 0.2) is 0 Å². The third kappa shape index (κ3) is 5.83. The highest BCUT2D eigenvalue weighted by atomic mass is 16.6. The second kappa shape index (κ2) is 9.92. The van der Waals surface area contributed by atoms with E-state index in [0.717, 1.165) is 38.5 Å². The van der Waals surface area contributed by atoms with Gasteiger partial charge in [-0.2, -0.15) is 4.98 Å². The van der Waals surface area contributed by atoms with Crippen molar-refractivity contribution in [1.82, 2.24) is 9.97 Å². The van der Waals surface area contributed by atoms with Gasteiger partial charge >= 0.3 is 5.69 Å². The Hall–Kier alpha value is -1.92. The van der Waals surface area contributed by atoms with Gasteiger partial charge in [0.2, 0.25) is 5.82 Å². The zero-order valence-electron chi connectivity index (χ0n) is 13.7. The summed E-state index contributed by atoms with van der Waals surface area (Å²) in [6, 6.07) is 0.